The largest absolute Gasteiger partial charge is 0.396 e. The number of benzene rings is 2. The van der Waals surface area contributed by atoms with Gasteiger partial charge < -0.3 is 24.1 Å². The smallest absolute Gasteiger partial charge is 0.194 e. The summed E-state index contributed by atoms with van der Waals surface area (Å²) in [5, 5.41) is 11.4. The molecule has 13 heteroatoms. The Morgan fingerprint density at radius 2 is 1.26 bits per heavy atom. The van der Waals surface area contributed by atoms with Crippen molar-refractivity contribution in [2.24, 2.45) is 0 Å². The Morgan fingerprint density at radius 1 is 0.789 bits per heavy atom. The molecule has 2 fully saturated rings. The van der Waals surface area contributed by atoms with Gasteiger partial charge in [-0.15, -0.1) is 4.33 Å². The van der Waals surface area contributed by atoms with Gasteiger partial charge in [-0.25, -0.2) is 4.89 Å². The van der Waals surface area contributed by atoms with Crippen molar-refractivity contribution in [2.45, 2.75) is 37.3 Å². The fourth-order valence-electron chi connectivity index (χ4n) is 3.86. The van der Waals surface area contributed by atoms with Crippen molar-refractivity contribution in [1.82, 2.24) is 0 Å². The van der Waals surface area contributed by atoms with Crippen LogP contribution in [0, 0.1) is 0 Å². The highest BCUT2D eigenvalue weighted by atomic mass is 35.5. The molecule has 38 heavy (non-hydrogen) atoms. The monoisotopic (exact) mass is 630 g/mol. The van der Waals surface area contributed by atoms with E-state index in [1.807, 2.05) is 18.2 Å². The Morgan fingerprint density at radius 3 is 1.71 bits per heavy atom. The fourth-order valence-corrected chi connectivity index (χ4v) is 4.79. The van der Waals surface area contributed by atoms with E-state index in [2.05, 4.69) is 9.22 Å². The van der Waals surface area contributed by atoms with Gasteiger partial charge in [0.15, 0.2) is 24.9 Å². The van der Waals surface area contributed by atoms with Gasteiger partial charge in [-0.3, -0.25) is 4.18 Å². The highest BCUT2D eigenvalue weighted by Crippen LogP contribution is 2.32. The van der Waals surface area contributed by atoms with E-state index < -0.39 is 0 Å². The Bertz CT molecular complexity index is 976. The lowest BCUT2D eigenvalue weighted by molar-refractivity contribution is -0.167. The third-order valence-electron chi connectivity index (χ3n) is 5.80. The number of halogens is 4. The molecule has 2 saturated heterocycles. The van der Waals surface area contributed by atoms with Crippen LogP contribution in [0.2, 0.25) is 20.1 Å². The molecular formula is C25H30Cl4O8S. The Hall–Kier alpha value is -0.370. The number of hydrogen-bond donors (Lipinski definition) is 1. The first-order chi connectivity index (χ1) is 18.4. The molecule has 0 radical (unpaired) electrons. The summed E-state index contributed by atoms with van der Waals surface area (Å²) < 4.78 is 31.7. The zero-order valence-electron chi connectivity index (χ0n) is 20.7. The average molecular weight is 632 g/mol. The van der Waals surface area contributed by atoms with Crippen molar-refractivity contribution in [3.05, 3.63) is 67.6 Å². The van der Waals surface area contributed by atoms with Crippen LogP contribution < -0.4 is 0 Å². The minimum absolute atomic E-state index is 0.0289. The summed E-state index contributed by atoms with van der Waals surface area (Å²) in [5.74, 6) is -0.0105. The van der Waals surface area contributed by atoms with Crippen LogP contribution in [0.4, 0.5) is 0 Å². The molecular weight excluding hydrogens is 602 g/mol. The molecule has 0 bridgehead atoms. The third kappa shape index (κ3) is 10.6. The van der Waals surface area contributed by atoms with Gasteiger partial charge in [0.1, 0.15) is 0 Å². The SMILES string of the molecule is COOSOCC(CC1OCCO1)c1ccc(Cl)c(Cl)c1.OCC(CC1OCCO1)c1ccc(Cl)c(Cl)c1. The lowest BCUT2D eigenvalue weighted by atomic mass is 9.96. The molecule has 4 rings (SSSR count). The zero-order valence-corrected chi connectivity index (χ0v) is 24.5. The molecule has 2 aliphatic heterocycles. The Labute approximate surface area is 246 Å². The van der Waals surface area contributed by atoms with Gasteiger partial charge in [0.25, 0.3) is 0 Å². The van der Waals surface area contributed by atoms with Gasteiger partial charge in [-0.2, -0.15) is 0 Å². The quantitative estimate of drug-likeness (QED) is 0.117. The van der Waals surface area contributed by atoms with E-state index in [9.17, 15) is 5.11 Å². The van der Waals surface area contributed by atoms with Crippen LogP contribution in [0.25, 0.3) is 0 Å². The van der Waals surface area contributed by atoms with E-state index in [-0.39, 0.29) is 31.0 Å². The van der Waals surface area contributed by atoms with Gasteiger partial charge in [-0.1, -0.05) is 58.5 Å². The van der Waals surface area contributed by atoms with Crippen molar-refractivity contribution < 1.29 is 37.5 Å². The van der Waals surface area contributed by atoms with Gasteiger partial charge in [0.05, 0.1) is 66.8 Å². The first-order valence-electron chi connectivity index (χ1n) is 11.9. The molecule has 8 nitrogen and oxygen atoms in total. The summed E-state index contributed by atoms with van der Waals surface area (Å²) >= 11 is 24.6. The Balaban J connectivity index is 0.000000215. The van der Waals surface area contributed by atoms with Crippen LogP contribution in [-0.2, 0) is 32.4 Å². The molecule has 2 aromatic rings. The normalized spacial score (nSPS) is 17.8. The fraction of sp³-hybridized carbons (Fsp3) is 0.520. The molecule has 2 atom stereocenters. The zero-order chi connectivity index (χ0) is 27.3. The van der Waals surface area contributed by atoms with E-state index in [4.69, 9.17) is 69.5 Å². The molecule has 212 valence electrons. The van der Waals surface area contributed by atoms with Gasteiger partial charge in [0.2, 0.25) is 0 Å². The summed E-state index contributed by atoms with van der Waals surface area (Å²) in [6, 6.07) is 10.9. The average Bonchev–Trinajstić information content (AvgIpc) is 3.63. The van der Waals surface area contributed by atoms with Gasteiger partial charge in [-0.05, 0) is 35.4 Å². The number of aliphatic hydroxyl groups is 1. The van der Waals surface area contributed by atoms with E-state index in [0.29, 0.717) is 66.0 Å². The van der Waals surface area contributed by atoms with Crippen LogP contribution in [0.5, 0.6) is 0 Å². The molecule has 0 aliphatic carbocycles. The highest BCUT2D eigenvalue weighted by molar-refractivity contribution is 7.89. The van der Waals surface area contributed by atoms with Crippen LogP contribution >= 0.6 is 58.7 Å². The van der Waals surface area contributed by atoms with Crippen LogP contribution in [0.15, 0.2) is 36.4 Å². The van der Waals surface area contributed by atoms with Crippen molar-refractivity contribution in [1.29, 1.82) is 0 Å². The van der Waals surface area contributed by atoms with Crippen molar-refractivity contribution in [3.63, 3.8) is 0 Å². The minimum atomic E-state index is -0.235. The predicted octanol–water partition coefficient (Wildman–Crippen LogP) is 6.83. The molecule has 2 heterocycles. The van der Waals surface area contributed by atoms with Crippen LogP contribution in [0.1, 0.15) is 35.8 Å². The van der Waals surface area contributed by atoms with Crippen molar-refractivity contribution in [3.8, 4) is 0 Å². The van der Waals surface area contributed by atoms with Crippen LogP contribution in [0.3, 0.4) is 0 Å². The van der Waals surface area contributed by atoms with Gasteiger partial charge >= 0.3 is 0 Å². The molecule has 0 amide bonds. The standard InChI is InChI=1S/C13H16Cl2O5S.C12H14Cl2O3/c1-16-20-21-19-8-10(7-13-17-4-5-18-13)9-2-3-11(14)12(15)6-9;13-10-2-1-8(5-11(10)14)9(7-15)6-12-16-3-4-17-12/h2-3,6,10,13H,4-5,7-8H2,1H3;1-2,5,9,12,15H,3-4,6-7H2. The van der Waals surface area contributed by atoms with Gasteiger partial charge in [0, 0.05) is 24.7 Å². The van der Waals surface area contributed by atoms with E-state index in [0.717, 1.165) is 23.5 Å². The molecule has 0 aromatic heterocycles. The lowest BCUT2D eigenvalue weighted by Gasteiger charge is -2.20. The summed E-state index contributed by atoms with van der Waals surface area (Å²) in [6.07, 6.45) is 0.808. The number of rotatable bonds is 12. The summed E-state index contributed by atoms with van der Waals surface area (Å²) in [4.78, 5) is 4.45. The molecule has 2 aromatic carbocycles. The maximum Gasteiger partial charge on any atom is 0.194 e. The summed E-state index contributed by atoms with van der Waals surface area (Å²) in [5.41, 5.74) is 1.95. The molecule has 1 N–H and O–H groups in total. The topological polar surface area (TPSA) is 84.8 Å². The highest BCUT2D eigenvalue weighted by Gasteiger charge is 2.24. The second kappa shape index (κ2) is 17.4. The maximum atomic E-state index is 9.41. The summed E-state index contributed by atoms with van der Waals surface area (Å²) in [7, 11) is 1.41. The van der Waals surface area contributed by atoms with Crippen LogP contribution in [-0.4, -0.2) is 64.4 Å². The first kappa shape index (κ1) is 32.1. The number of hydrogen-bond acceptors (Lipinski definition) is 9. The lowest BCUT2D eigenvalue weighted by Crippen LogP contribution is -2.16. The predicted molar refractivity (Wildman–Crippen MR) is 148 cm³/mol. The minimum Gasteiger partial charge on any atom is -0.396 e. The summed E-state index contributed by atoms with van der Waals surface area (Å²) in [6.45, 7) is 2.88. The maximum absolute atomic E-state index is 9.41. The first-order valence-corrected chi connectivity index (χ1v) is 14.0. The Kier molecular flexibility index (Phi) is 14.8. The number of aliphatic hydroxyl groups excluding tert-OH is 1. The van der Waals surface area contributed by atoms with E-state index in [1.54, 1.807) is 18.2 Å². The van der Waals surface area contributed by atoms with E-state index >= 15 is 0 Å². The van der Waals surface area contributed by atoms with Crippen molar-refractivity contribution >= 4 is 58.7 Å². The third-order valence-corrected chi connectivity index (χ3v) is 7.70. The molecule has 2 unspecified atom stereocenters. The second-order valence-electron chi connectivity index (χ2n) is 8.32. The second-order valence-corrected chi connectivity index (χ2v) is 10.5. The van der Waals surface area contributed by atoms with Crippen molar-refractivity contribution in [2.75, 3.05) is 46.8 Å². The van der Waals surface area contributed by atoms with E-state index in [1.165, 1.54) is 7.11 Å². The molecule has 0 spiro atoms. The molecule has 0 saturated carbocycles. The molecule has 2 aliphatic rings. The number of ether oxygens (including phenoxy) is 4.